The van der Waals surface area contributed by atoms with Gasteiger partial charge in [0.2, 0.25) is 0 Å². The summed E-state index contributed by atoms with van der Waals surface area (Å²) < 4.78 is 10.5. The molecule has 50 heavy (non-hydrogen) atoms. The lowest BCUT2D eigenvalue weighted by Gasteiger charge is -2.35. The highest BCUT2D eigenvalue weighted by Crippen LogP contribution is 2.40. The molecule has 6 heteroatoms. The van der Waals surface area contributed by atoms with E-state index in [0.29, 0.717) is 24.0 Å². The van der Waals surface area contributed by atoms with E-state index in [9.17, 15) is 19.2 Å². The second-order valence-corrected chi connectivity index (χ2v) is 14.2. The molecule has 0 aromatic carbocycles. The van der Waals surface area contributed by atoms with Gasteiger partial charge in [-0.3, -0.25) is 19.2 Å². The Labute approximate surface area is 299 Å². The molecule has 2 aliphatic carbocycles. The zero-order valence-corrected chi connectivity index (χ0v) is 31.8. The van der Waals surface area contributed by atoms with Crippen molar-refractivity contribution in [1.29, 1.82) is 0 Å². The minimum Gasteiger partial charge on any atom is -0.454 e. The van der Waals surface area contributed by atoms with Crippen LogP contribution < -0.4 is 0 Å². The molecule has 0 N–H and O–H groups in total. The van der Waals surface area contributed by atoms with Gasteiger partial charge in [-0.1, -0.05) is 123 Å². The number of ketones is 2. The first-order valence-electron chi connectivity index (χ1n) is 16.9. The number of hydrogen-bond acceptors (Lipinski definition) is 6. The van der Waals surface area contributed by atoms with Gasteiger partial charge >= 0.3 is 11.9 Å². The van der Waals surface area contributed by atoms with Gasteiger partial charge < -0.3 is 9.47 Å². The average molecular weight is 677 g/mol. The number of carbonyl (C=O) groups is 4. The molecule has 0 aliphatic heterocycles. The van der Waals surface area contributed by atoms with Crippen LogP contribution in [0.1, 0.15) is 95.9 Å². The first-order chi connectivity index (χ1) is 23.2. The Morgan fingerprint density at radius 3 is 1.26 bits per heavy atom. The lowest BCUT2D eigenvalue weighted by atomic mass is 9.71. The predicted octanol–water partition coefficient (Wildman–Crippen LogP) is 8.94. The van der Waals surface area contributed by atoms with Crippen LogP contribution in [0.15, 0.2) is 105 Å². The quantitative estimate of drug-likeness (QED) is 0.145. The van der Waals surface area contributed by atoms with Crippen molar-refractivity contribution in [2.24, 2.45) is 10.8 Å². The van der Waals surface area contributed by atoms with Gasteiger partial charge in [0, 0.05) is 59.8 Å². The summed E-state index contributed by atoms with van der Waals surface area (Å²) in [5.41, 5.74) is 5.78. The average Bonchev–Trinajstić information content (AvgIpc) is 2.99. The van der Waals surface area contributed by atoms with E-state index in [4.69, 9.17) is 9.47 Å². The molecule has 0 aromatic heterocycles. The predicted molar refractivity (Wildman–Crippen MR) is 201 cm³/mol. The molecule has 264 valence electrons. The molecule has 0 bridgehead atoms. The molecule has 2 aliphatic rings. The van der Waals surface area contributed by atoms with Gasteiger partial charge in [-0.2, -0.15) is 0 Å². The Kier molecular flexibility index (Phi) is 15.0. The van der Waals surface area contributed by atoms with E-state index in [1.807, 2.05) is 116 Å². The number of allylic oxidation sites excluding steroid dienone is 16. The van der Waals surface area contributed by atoms with Crippen LogP contribution >= 0.6 is 0 Å². The summed E-state index contributed by atoms with van der Waals surface area (Å²) in [6, 6.07) is 0. The molecule has 0 aromatic rings. The monoisotopic (exact) mass is 676 g/mol. The number of esters is 2. The maximum absolute atomic E-state index is 12.7. The van der Waals surface area contributed by atoms with E-state index in [-0.39, 0.29) is 22.4 Å². The van der Waals surface area contributed by atoms with Crippen molar-refractivity contribution in [3.05, 3.63) is 105 Å². The standard InChI is InChI=1S/C44H52O6/c1-29(19-15-21-31(3)23-25-37-33(5)41(47)39(49-35(7)45)27-43(37,9)10)17-13-14-18-30(2)20-16-22-32(4)24-26-38-34(6)42(48)40(50-36(8)46)28-44(38,11)12/h13-22,39-40H,27-28H2,1-12H3/b14-13+,19-15+,20-16+,29-17+,30-18+,31-21+,32-22+/t39-,40-/m0/s1. The zero-order valence-electron chi connectivity index (χ0n) is 31.8. The summed E-state index contributed by atoms with van der Waals surface area (Å²) in [4.78, 5) is 48.3. The van der Waals surface area contributed by atoms with E-state index >= 15 is 0 Å². The number of ether oxygens (including phenoxy) is 2. The molecular weight excluding hydrogens is 624 g/mol. The largest absolute Gasteiger partial charge is 0.454 e. The molecule has 0 fully saturated rings. The fourth-order valence-corrected chi connectivity index (χ4v) is 5.80. The van der Waals surface area contributed by atoms with E-state index in [1.54, 1.807) is 13.8 Å². The Hall–Kier alpha value is -4.94. The molecular formula is C44H52O6. The second kappa shape index (κ2) is 18.2. The zero-order chi connectivity index (χ0) is 37.8. The third-order valence-corrected chi connectivity index (χ3v) is 8.44. The van der Waals surface area contributed by atoms with Crippen LogP contribution in [0.25, 0.3) is 0 Å². The van der Waals surface area contributed by atoms with Crippen molar-refractivity contribution in [2.45, 2.75) is 108 Å². The van der Waals surface area contributed by atoms with Crippen LogP contribution in [0.5, 0.6) is 0 Å². The third-order valence-electron chi connectivity index (χ3n) is 8.44. The maximum Gasteiger partial charge on any atom is 0.303 e. The van der Waals surface area contributed by atoms with Crippen LogP contribution in [-0.4, -0.2) is 35.7 Å². The number of hydrogen-bond donors (Lipinski definition) is 0. The summed E-state index contributed by atoms with van der Waals surface area (Å²) in [5, 5.41) is 0. The Balaban J connectivity index is 2.01. The van der Waals surface area contributed by atoms with Gasteiger partial charge in [0.15, 0.2) is 23.8 Å². The molecule has 0 saturated carbocycles. The van der Waals surface area contributed by atoms with Crippen molar-refractivity contribution in [3.8, 4) is 23.7 Å². The smallest absolute Gasteiger partial charge is 0.303 e. The van der Waals surface area contributed by atoms with Crippen molar-refractivity contribution in [1.82, 2.24) is 0 Å². The molecule has 0 radical (unpaired) electrons. The van der Waals surface area contributed by atoms with Crippen molar-refractivity contribution < 1.29 is 28.7 Å². The molecule has 6 nitrogen and oxygen atoms in total. The normalized spacial score (nSPS) is 21.8. The molecule has 2 rings (SSSR count). The van der Waals surface area contributed by atoms with Crippen LogP contribution in [0.3, 0.4) is 0 Å². The van der Waals surface area contributed by atoms with Crippen LogP contribution in [-0.2, 0) is 28.7 Å². The van der Waals surface area contributed by atoms with Gasteiger partial charge in [-0.15, -0.1) is 0 Å². The van der Waals surface area contributed by atoms with Crippen LogP contribution in [0.4, 0.5) is 0 Å². The molecule has 0 saturated heterocycles. The molecule has 0 spiro atoms. The summed E-state index contributed by atoms with van der Waals surface area (Å²) in [6.45, 7) is 22.1. The van der Waals surface area contributed by atoms with E-state index in [1.165, 1.54) is 13.8 Å². The lowest BCUT2D eigenvalue weighted by Crippen LogP contribution is -2.38. The fourth-order valence-electron chi connectivity index (χ4n) is 5.80. The van der Waals surface area contributed by atoms with Gasteiger partial charge in [0.25, 0.3) is 0 Å². The van der Waals surface area contributed by atoms with Crippen LogP contribution in [0, 0.1) is 34.5 Å². The van der Waals surface area contributed by atoms with Crippen molar-refractivity contribution in [2.75, 3.05) is 0 Å². The molecule has 0 unspecified atom stereocenters. The van der Waals surface area contributed by atoms with Crippen LogP contribution in [0.2, 0.25) is 0 Å². The fraction of sp³-hybridized carbons (Fsp3) is 0.409. The molecule has 0 heterocycles. The summed E-state index contributed by atoms with van der Waals surface area (Å²) in [6.07, 6.45) is 19.1. The molecule has 0 amide bonds. The van der Waals surface area contributed by atoms with Gasteiger partial charge in [0.1, 0.15) is 0 Å². The number of Topliss-reactive ketones (excluding diaryl/α,β-unsaturated/α-hetero) is 2. The topological polar surface area (TPSA) is 86.7 Å². The van der Waals surface area contributed by atoms with E-state index < -0.39 is 24.1 Å². The maximum atomic E-state index is 12.7. The highest BCUT2D eigenvalue weighted by atomic mass is 16.5. The highest BCUT2D eigenvalue weighted by molar-refractivity contribution is 6.02. The van der Waals surface area contributed by atoms with E-state index in [0.717, 1.165) is 33.4 Å². The van der Waals surface area contributed by atoms with Gasteiger partial charge in [-0.05, 0) is 52.7 Å². The molecule has 2 atom stereocenters. The Morgan fingerprint density at radius 2 is 0.940 bits per heavy atom. The second-order valence-electron chi connectivity index (χ2n) is 14.2. The number of carbonyl (C=O) groups excluding carboxylic acids is 4. The Morgan fingerprint density at radius 1 is 0.600 bits per heavy atom. The first kappa shape index (κ1) is 41.2. The minimum atomic E-state index is -0.755. The Bertz CT molecular complexity index is 1670. The summed E-state index contributed by atoms with van der Waals surface area (Å²) in [7, 11) is 0. The highest BCUT2D eigenvalue weighted by Gasteiger charge is 2.41. The van der Waals surface area contributed by atoms with Gasteiger partial charge in [-0.25, -0.2) is 0 Å². The lowest BCUT2D eigenvalue weighted by molar-refractivity contribution is -0.154. The number of rotatable bonds is 8. The summed E-state index contributed by atoms with van der Waals surface area (Å²) in [5.74, 6) is 11.5. The summed E-state index contributed by atoms with van der Waals surface area (Å²) >= 11 is 0. The van der Waals surface area contributed by atoms with Crippen molar-refractivity contribution in [3.63, 3.8) is 0 Å². The third kappa shape index (κ3) is 12.5. The van der Waals surface area contributed by atoms with Gasteiger partial charge in [0.05, 0.1) is 0 Å². The van der Waals surface area contributed by atoms with E-state index in [2.05, 4.69) is 23.7 Å². The minimum absolute atomic E-state index is 0.181. The van der Waals surface area contributed by atoms with Crippen molar-refractivity contribution >= 4 is 23.5 Å². The SMILES string of the molecule is CC(=O)O[C@H]1CC(C)(C)C(C#C/C(C)=C/C=C/C(C)=C/C=C/C=C(C)/C=C/C=C(\C)C#CC2=C(C)C(=O)[C@@H](OC(C)=O)CC2(C)C)=C(C)C1=O. The first-order valence-corrected chi connectivity index (χ1v) is 16.9.